The zero-order chi connectivity index (χ0) is 15.6. The lowest BCUT2D eigenvalue weighted by Crippen LogP contribution is -2.26. The molecule has 0 amide bonds. The molecule has 128 valence electrons. The Hall–Kier alpha value is -0.0800. The number of nitrogens with one attached hydrogen (secondary N) is 1. The van der Waals surface area contributed by atoms with Gasteiger partial charge in [0, 0.05) is 0 Å². The summed E-state index contributed by atoms with van der Waals surface area (Å²) in [4.78, 5) is 0. The van der Waals surface area contributed by atoms with Crippen LogP contribution >= 0.6 is 0 Å². The van der Waals surface area contributed by atoms with Crippen LogP contribution in [0.25, 0.3) is 0 Å². The van der Waals surface area contributed by atoms with Crippen LogP contribution in [0.2, 0.25) is 0 Å². The molecule has 0 rings (SSSR count). The topological polar surface area (TPSA) is 32.3 Å². The van der Waals surface area contributed by atoms with Crippen LogP contribution in [0.3, 0.4) is 0 Å². The standard InChI is InChI=1S/C19H41NO/c1-3-4-5-6-7-8-9-10-11-12-13-14-15-16-17-18-20-19(2)21/h19-21H,3-18H2,1-2H3. The summed E-state index contributed by atoms with van der Waals surface area (Å²) < 4.78 is 0. The first-order chi connectivity index (χ1) is 10.3. The van der Waals surface area contributed by atoms with E-state index in [0.717, 1.165) is 6.54 Å². The molecule has 0 saturated carbocycles. The first kappa shape index (κ1) is 20.9. The molecule has 0 aliphatic rings. The molecule has 0 aromatic rings. The summed E-state index contributed by atoms with van der Waals surface area (Å²) in [5.41, 5.74) is 0. The number of unbranched alkanes of at least 4 members (excludes halogenated alkanes) is 14. The van der Waals surface area contributed by atoms with Crippen molar-refractivity contribution < 1.29 is 5.11 Å². The number of hydrogen-bond donors (Lipinski definition) is 2. The molecular weight excluding hydrogens is 258 g/mol. The van der Waals surface area contributed by atoms with E-state index in [9.17, 15) is 0 Å². The average molecular weight is 300 g/mol. The summed E-state index contributed by atoms with van der Waals surface area (Å²) >= 11 is 0. The molecule has 0 aliphatic heterocycles. The maximum atomic E-state index is 9.06. The van der Waals surface area contributed by atoms with Crippen LogP contribution in [0.5, 0.6) is 0 Å². The highest BCUT2D eigenvalue weighted by Gasteiger charge is 1.95. The van der Waals surface area contributed by atoms with Gasteiger partial charge < -0.3 is 5.11 Å². The second-order valence-corrected chi connectivity index (χ2v) is 6.58. The van der Waals surface area contributed by atoms with Crippen molar-refractivity contribution in [2.24, 2.45) is 0 Å². The molecule has 2 heteroatoms. The van der Waals surface area contributed by atoms with Crippen molar-refractivity contribution in [1.82, 2.24) is 5.32 Å². The Morgan fingerprint density at radius 1 is 0.619 bits per heavy atom. The van der Waals surface area contributed by atoms with E-state index in [-0.39, 0.29) is 6.23 Å². The monoisotopic (exact) mass is 299 g/mol. The van der Waals surface area contributed by atoms with Crippen LogP contribution in [0.4, 0.5) is 0 Å². The molecule has 0 aromatic heterocycles. The van der Waals surface area contributed by atoms with Crippen LogP contribution in [0, 0.1) is 0 Å². The van der Waals surface area contributed by atoms with Crippen molar-refractivity contribution in [2.75, 3.05) is 6.54 Å². The van der Waals surface area contributed by atoms with Crippen molar-refractivity contribution in [1.29, 1.82) is 0 Å². The molecule has 2 N–H and O–H groups in total. The van der Waals surface area contributed by atoms with Gasteiger partial charge in [-0.1, -0.05) is 96.8 Å². The molecule has 1 atom stereocenters. The van der Waals surface area contributed by atoms with Gasteiger partial charge in [-0.05, 0) is 19.9 Å². The van der Waals surface area contributed by atoms with Crippen LogP contribution in [-0.4, -0.2) is 17.9 Å². The number of aliphatic hydroxyl groups is 1. The minimum absolute atomic E-state index is 0.350. The van der Waals surface area contributed by atoms with Crippen LogP contribution in [0.15, 0.2) is 0 Å². The Balaban J connectivity index is 2.93. The predicted molar refractivity (Wildman–Crippen MR) is 94.6 cm³/mol. The molecule has 0 bridgehead atoms. The minimum Gasteiger partial charge on any atom is -0.379 e. The van der Waals surface area contributed by atoms with Gasteiger partial charge in [0.2, 0.25) is 0 Å². The third kappa shape index (κ3) is 19.9. The SMILES string of the molecule is CCCCCCCCCCCCCCCCCNC(C)O. The van der Waals surface area contributed by atoms with E-state index in [1.54, 1.807) is 6.92 Å². The van der Waals surface area contributed by atoms with Gasteiger partial charge >= 0.3 is 0 Å². The first-order valence-corrected chi connectivity index (χ1v) is 9.68. The van der Waals surface area contributed by atoms with Crippen molar-refractivity contribution in [3.05, 3.63) is 0 Å². The molecule has 0 saturated heterocycles. The third-order valence-corrected chi connectivity index (χ3v) is 4.22. The third-order valence-electron chi connectivity index (χ3n) is 4.22. The highest BCUT2D eigenvalue weighted by atomic mass is 16.3. The zero-order valence-corrected chi connectivity index (χ0v) is 14.8. The summed E-state index contributed by atoms with van der Waals surface area (Å²) in [5.74, 6) is 0. The zero-order valence-electron chi connectivity index (χ0n) is 14.8. The molecule has 2 nitrogen and oxygen atoms in total. The van der Waals surface area contributed by atoms with E-state index in [1.807, 2.05) is 0 Å². The molecule has 0 heterocycles. The quantitative estimate of drug-likeness (QED) is 0.263. The number of aliphatic hydroxyl groups excluding tert-OH is 1. The number of hydrogen-bond acceptors (Lipinski definition) is 2. The second kappa shape index (κ2) is 18.0. The van der Waals surface area contributed by atoms with Gasteiger partial charge in [0.15, 0.2) is 0 Å². The van der Waals surface area contributed by atoms with Gasteiger partial charge in [-0.15, -0.1) is 0 Å². The van der Waals surface area contributed by atoms with Gasteiger partial charge in [0.25, 0.3) is 0 Å². The second-order valence-electron chi connectivity index (χ2n) is 6.58. The van der Waals surface area contributed by atoms with E-state index >= 15 is 0 Å². The van der Waals surface area contributed by atoms with E-state index in [4.69, 9.17) is 5.11 Å². The van der Waals surface area contributed by atoms with Crippen molar-refractivity contribution in [2.45, 2.75) is 116 Å². The Bertz CT molecular complexity index is 182. The van der Waals surface area contributed by atoms with Gasteiger partial charge in [-0.2, -0.15) is 0 Å². The largest absolute Gasteiger partial charge is 0.379 e. The van der Waals surface area contributed by atoms with Gasteiger partial charge in [0.1, 0.15) is 6.23 Å². The minimum atomic E-state index is -0.350. The smallest absolute Gasteiger partial charge is 0.102 e. The fourth-order valence-corrected chi connectivity index (χ4v) is 2.81. The van der Waals surface area contributed by atoms with Crippen LogP contribution < -0.4 is 5.32 Å². The predicted octanol–water partition coefficient (Wildman–Crippen LogP) is 5.79. The van der Waals surface area contributed by atoms with Gasteiger partial charge in [0.05, 0.1) is 0 Å². The first-order valence-electron chi connectivity index (χ1n) is 9.68. The van der Waals surface area contributed by atoms with Crippen molar-refractivity contribution >= 4 is 0 Å². The lowest BCUT2D eigenvalue weighted by molar-refractivity contribution is 0.156. The molecule has 0 fully saturated rings. The van der Waals surface area contributed by atoms with E-state index in [0.29, 0.717) is 0 Å². The summed E-state index contributed by atoms with van der Waals surface area (Å²) in [6.07, 6.45) is 20.7. The number of rotatable bonds is 17. The maximum Gasteiger partial charge on any atom is 0.102 e. The van der Waals surface area contributed by atoms with Crippen molar-refractivity contribution in [3.63, 3.8) is 0 Å². The Morgan fingerprint density at radius 2 is 0.952 bits per heavy atom. The molecular formula is C19H41NO. The van der Waals surface area contributed by atoms with Gasteiger partial charge in [-0.25, -0.2) is 0 Å². The fraction of sp³-hybridized carbons (Fsp3) is 1.00. The molecule has 0 radical (unpaired) electrons. The lowest BCUT2D eigenvalue weighted by atomic mass is 10.0. The lowest BCUT2D eigenvalue weighted by Gasteiger charge is -2.06. The molecule has 0 spiro atoms. The van der Waals surface area contributed by atoms with Crippen LogP contribution in [0.1, 0.15) is 110 Å². The highest BCUT2D eigenvalue weighted by Crippen LogP contribution is 2.13. The summed E-state index contributed by atoms with van der Waals surface area (Å²) in [5, 5.41) is 12.1. The fourth-order valence-electron chi connectivity index (χ4n) is 2.81. The summed E-state index contributed by atoms with van der Waals surface area (Å²) in [6, 6.07) is 0. The van der Waals surface area contributed by atoms with Crippen LogP contribution in [-0.2, 0) is 0 Å². The Morgan fingerprint density at radius 3 is 1.29 bits per heavy atom. The molecule has 0 aromatic carbocycles. The maximum absolute atomic E-state index is 9.06. The molecule has 21 heavy (non-hydrogen) atoms. The van der Waals surface area contributed by atoms with E-state index in [2.05, 4.69) is 12.2 Å². The Kier molecular flexibility index (Phi) is 17.9. The van der Waals surface area contributed by atoms with Gasteiger partial charge in [-0.3, -0.25) is 5.32 Å². The summed E-state index contributed by atoms with van der Waals surface area (Å²) in [6.45, 7) is 5.02. The summed E-state index contributed by atoms with van der Waals surface area (Å²) in [7, 11) is 0. The Labute approximate surface area is 134 Å². The normalized spacial score (nSPS) is 12.7. The highest BCUT2D eigenvalue weighted by molar-refractivity contribution is 4.51. The van der Waals surface area contributed by atoms with Crippen molar-refractivity contribution in [3.8, 4) is 0 Å². The molecule has 1 unspecified atom stereocenters. The van der Waals surface area contributed by atoms with E-state index in [1.165, 1.54) is 96.3 Å². The average Bonchev–Trinajstić information content (AvgIpc) is 2.46. The molecule has 0 aliphatic carbocycles. The van der Waals surface area contributed by atoms with E-state index < -0.39 is 0 Å².